The summed E-state index contributed by atoms with van der Waals surface area (Å²) in [6, 6.07) is 42.2. The molecule has 1 nitrogen and oxygen atoms in total. The van der Waals surface area contributed by atoms with E-state index in [1.807, 2.05) is 6.07 Å². The van der Waals surface area contributed by atoms with Gasteiger partial charge in [0.05, 0.1) is 0 Å². The van der Waals surface area contributed by atoms with Crippen LogP contribution in [0.25, 0.3) is 0 Å². The third-order valence-corrected chi connectivity index (χ3v) is 10.5. The van der Waals surface area contributed by atoms with Crippen LogP contribution in [0, 0.1) is 0 Å². The molecule has 0 unspecified atom stereocenters. The summed E-state index contributed by atoms with van der Waals surface area (Å²) < 4.78 is 0. The van der Waals surface area contributed by atoms with Crippen LogP contribution < -0.4 is 15.9 Å². The SMILES string of the molecule is CCCC[PH](c1ccccc1)(c1ccccc1)c1ccccc1.Oc1ccccc1. The third-order valence-electron chi connectivity index (χ3n) is 5.46. The molecule has 0 aromatic heterocycles. The summed E-state index contributed by atoms with van der Waals surface area (Å²) in [6.07, 6.45) is 3.77. The maximum absolute atomic E-state index is 8.63. The Labute approximate surface area is 181 Å². The van der Waals surface area contributed by atoms with Crippen molar-refractivity contribution in [3.63, 3.8) is 0 Å². The second kappa shape index (κ2) is 11.3. The molecule has 1 N–H and O–H groups in total. The van der Waals surface area contributed by atoms with Crippen molar-refractivity contribution in [2.24, 2.45) is 0 Å². The first-order valence-electron chi connectivity index (χ1n) is 10.7. The number of hydrogen-bond donors (Lipinski definition) is 1. The van der Waals surface area contributed by atoms with E-state index in [4.69, 9.17) is 5.11 Å². The molecular weight excluding hydrogens is 383 g/mol. The molecule has 4 aromatic rings. The van der Waals surface area contributed by atoms with Crippen LogP contribution in [-0.2, 0) is 0 Å². The van der Waals surface area contributed by atoms with E-state index in [-0.39, 0.29) is 0 Å². The van der Waals surface area contributed by atoms with Gasteiger partial charge in [-0.2, -0.15) is 0 Å². The van der Waals surface area contributed by atoms with Gasteiger partial charge in [-0.1, -0.05) is 18.2 Å². The van der Waals surface area contributed by atoms with Gasteiger partial charge in [0, 0.05) is 0 Å². The standard InChI is InChI=1S/C22H25P.C6H6O/c1-2-3-19-23(20-13-7-4-8-14-20,21-15-9-5-10-16-21)22-17-11-6-12-18-22;7-6-4-2-1-3-5-6/h4-18,23H,2-3,19H2,1H3;1-5,7H. The number of para-hydroxylation sites is 1. The maximum Gasteiger partial charge on any atom is 0.115 e. The Morgan fingerprint density at radius 3 is 1.13 bits per heavy atom. The zero-order valence-corrected chi connectivity index (χ0v) is 18.6. The van der Waals surface area contributed by atoms with Crippen molar-refractivity contribution in [2.75, 3.05) is 6.16 Å². The van der Waals surface area contributed by atoms with Crippen molar-refractivity contribution in [2.45, 2.75) is 19.8 Å². The fourth-order valence-corrected chi connectivity index (χ4v) is 9.01. The molecule has 0 saturated carbocycles. The van der Waals surface area contributed by atoms with Crippen LogP contribution in [0.5, 0.6) is 5.75 Å². The fraction of sp³-hybridized carbons (Fsp3) is 0.143. The van der Waals surface area contributed by atoms with Gasteiger partial charge in [-0.15, -0.1) is 0 Å². The Hall–Kier alpha value is -2.89. The van der Waals surface area contributed by atoms with Crippen LogP contribution in [0.15, 0.2) is 121 Å². The number of unbranched alkanes of at least 4 members (excludes halogenated alkanes) is 1. The molecule has 0 amide bonds. The van der Waals surface area contributed by atoms with Gasteiger partial charge in [0.25, 0.3) is 0 Å². The van der Waals surface area contributed by atoms with Crippen molar-refractivity contribution >= 4 is 23.2 Å². The molecule has 30 heavy (non-hydrogen) atoms. The fourth-order valence-electron chi connectivity index (χ4n) is 3.97. The monoisotopic (exact) mass is 414 g/mol. The maximum atomic E-state index is 8.63. The molecule has 154 valence electrons. The largest absolute Gasteiger partial charge is 0.508 e. The van der Waals surface area contributed by atoms with Crippen molar-refractivity contribution in [3.8, 4) is 5.75 Å². The van der Waals surface area contributed by atoms with Gasteiger partial charge in [0.1, 0.15) is 5.75 Å². The predicted molar refractivity (Wildman–Crippen MR) is 134 cm³/mol. The first-order chi connectivity index (χ1) is 14.8. The second-order valence-corrected chi connectivity index (χ2v) is 11.5. The van der Waals surface area contributed by atoms with E-state index < -0.39 is 7.26 Å². The topological polar surface area (TPSA) is 20.2 Å². The van der Waals surface area contributed by atoms with E-state index in [1.165, 1.54) is 34.9 Å². The minimum atomic E-state index is -1.94. The third kappa shape index (κ3) is 5.38. The second-order valence-electron chi connectivity index (χ2n) is 7.44. The Morgan fingerprint density at radius 2 is 0.867 bits per heavy atom. The minimum Gasteiger partial charge on any atom is -0.508 e. The van der Waals surface area contributed by atoms with E-state index >= 15 is 0 Å². The molecule has 0 aliphatic heterocycles. The Bertz CT molecular complexity index is 873. The molecular formula is C28H31OP. The first-order valence-corrected chi connectivity index (χ1v) is 12.9. The summed E-state index contributed by atoms with van der Waals surface area (Å²) in [5.41, 5.74) is 0. The number of benzene rings is 4. The normalized spacial score (nSPS) is 11.2. The van der Waals surface area contributed by atoms with Gasteiger partial charge < -0.3 is 5.11 Å². The molecule has 2 heteroatoms. The molecule has 0 atom stereocenters. The van der Waals surface area contributed by atoms with Crippen LogP contribution >= 0.6 is 7.26 Å². The molecule has 0 aliphatic rings. The van der Waals surface area contributed by atoms with E-state index in [1.54, 1.807) is 24.3 Å². The number of phenolic OH excluding ortho intramolecular Hbond substituents is 1. The van der Waals surface area contributed by atoms with Crippen molar-refractivity contribution in [1.82, 2.24) is 0 Å². The average molecular weight is 415 g/mol. The Kier molecular flexibility index (Phi) is 8.24. The number of aromatic hydroxyl groups is 1. The molecule has 0 heterocycles. The minimum absolute atomic E-state index is 0.322. The molecule has 0 aliphatic carbocycles. The van der Waals surface area contributed by atoms with E-state index in [9.17, 15) is 0 Å². The Morgan fingerprint density at radius 1 is 0.533 bits per heavy atom. The van der Waals surface area contributed by atoms with Crippen LogP contribution in [0.1, 0.15) is 19.8 Å². The van der Waals surface area contributed by atoms with Gasteiger partial charge >= 0.3 is 140 Å². The number of hydrogen-bond acceptors (Lipinski definition) is 1. The molecule has 0 radical (unpaired) electrons. The van der Waals surface area contributed by atoms with Crippen molar-refractivity contribution < 1.29 is 5.11 Å². The summed E-state index contributed by atoms with van der Waals surface area (Å²) in [5, 5.41) is 13.2. The first kappa shape index (κ1) is 21.8. The van der Waals surface area contributed by atoms with E-state index in [0.29, 0.717) is 5.75 Å². The van der Waals surface area contributed by atoms with Crippen LogP contribution in [0.3, 0.4) is 0 Å². The Balaban J connectivity index is 0.000000310. The number of phenols is 1. The van der Waals surface area contributed by atoms with Gasteiger partial charge in [-0.3, -0.25) is 0 Å². The van der Waals surface area contributed by atoms with Gasteiger partial charge in [-0.25, -0.2) is 0 Å². The average Bonchev–Trinajstić information content (AvgIpc) is 2.83. The smallest absolute Gasteiger partial charge is 0.115 e. The molecule has 0 fully saturated rings. The zero-order chi connectivity index (χ0) is 21.1. The van der Waals surface area contributed by atoms with Crippen LogP contribution in [0.2, 0.25) is 0 Å². The van der Waals surface area contributed by atoms with Crippen LogP contribution in [-0.4, -0.2) is 11.3 Å². The van der Waals surface area contributed by atoms with Gasteiger partial charge in [-0.05, 0) is 12.1 Å². The van der Waals surface area contributed by atoms with Crippen LogP contribution in [0.4, 0.5) is 0 Å². The summed E-state index contributed by atoms with van der Waals surface area (Å²) in [5.74, 6) is 0.322. The van der Waals surface area contributed by atoms with E-state index in [2.05, 4.69) is 97.9 Å². The summed E-state index contributed by atoms with van der Waals surface area (Å²) >= 11 is 0. The summed E-state index contributed by atoms with van der Waals surface area (Å²) in [4.78, 5) is 0. The molecule has 0 spiro atoms. The molecule has 4 rings (SSSR count). The molecule has 4 aromatic carbocycles. The summed E-state index contributed by atoms with van der Waals surface area (Å²) in [6.45, 7) is 2.29. The zero-order valence-electron chi connectivity index (χ0n) is 17.6. The molecule has 0 bridgehead atoms. The van der Waals surface area contributed by atoms with Gasteiger partial charge in [0.15, 0.2) is 0 Å². The number of rotatable bonds is 6. The van der Waals surface area contributed by atoms with Crippen molar-refractivity contribution in [3.05, 3.63) is 121 Å². The van der Waals surface area contributed by atoms with Gasteiger partial charge in [0.2, 0.25) is 0 Å². The summed E-state index contributed by atoms with van der Waals surface area (Å²) in [7, 11) is -1.94. The predicted octanol–water partition coefficient (Wildman–Crippen LogP) is 5.91. The van der Waals surface area contributed by atoms with E-state index in [0.717, 1.165) is 0 Å². The molecule has 0 saturated heterocycles. The quantitative estimate of drug-likeness (QED) is 0.389. The van der Waals surface area contributed by atoms with Crippen molar-refractivity contribution in [1.29, 1.82) is 0 Å².